The second kappa shape index (κ2) is 4.50. The van der Waals surface area contributed by atoms with Crippen molar-refractivity contribution in [3.8, 4) is 0 Å². The van der Waals surface area contributed by atoms with Gasteiger partial charge in [-0.05, 0) is 12.2 Å². The van der Waals surface area contributed by atoms with Crippen LogP contribution in [-0.4, -0.2) is 28.1 Å². The van der Waals surface area contributed by atoms with Gasteiger partial charge in [-0.15, -0.1) is 11.8 Å². The molecule has 5 heteroatoms. The highest BCUT2D eigenvalue weighted by Gasteiger charge is 2.41. The van der Waals surface area contributed by atoms with Crippen LogP contribution < -0.4 is 5.32 Å². The van der Waals surface area contributed by atoms with Gasteiger partial charge in [-0.25, -0.2) is 4.79 Å². The summed E-state index contributed by atoms with van der Waals surface area (Å²) in [5, 5.41) is 11.5. The largest absolute Gasteiger partial charge is 0.479 e. The Labute approximate surface area is 82.1 Å². The van der Waals surface area contributed by atoms with E-state index in [1.807, 2.05) is 0 Å². The minimum atomic E-state index is -1.20. The molecule has 0 aliphatic heterocycles. The fourth-order valence-corrected chi connectivity index (χ4v) is 1.97. The SMILES string of the molecule is CS[C@@](NC(C)=O)(C(=O)O)C(C)C. The number of thioether (sulfide) groups is 1. The van der Waals surface area contributed by atoms with Crippen LogP contribution in [0.3, 0.4) is 0 Å². The zero-order chi connectivity index (χ0) is 10.6. The van der Waals surface area contributed by atoms with E-state index in [0.717, 1.165) is 11.8 Å². The molecule has 4 nitrogen and oxygen atoms in total. The fourth-order valence-electron chi connectivity index (χ4n) is 1.08. The molecular formula is C8H15NO3S. The van der Waals surface area contributed by atoms with Crippen LogP contribution in [0, 0.1) is 5.92 Å². The molecule has 0 saturated carbocycles. The second-order valence-electron chi connectivity index (χ2n) is 3.08. The van der Waals surface area contributed by atoms with Crippen LogP contribution in [0.4, 0.5) is 0 Å². The van der Waals surface area contributed by atoms with E-state index in [1.54, 1.807) is 20.1 Å². The van der Waals surface area contributed by atoms with Crippen LogP contribution in [0.5, 0.6) is 0 Å². The van der Waals surface area contributed by atoms with Crippen LogP contribution in [0.25, 0.3) is 0 Å². The molecule has 1 atom stereocenters. The first-order chi connectivity index (χ1) is 5.86. The van der Waals surface area contributed by atoms with E-state index in [9.17, 15) is 9.59 Å². The summed E-state index contributed by atoms with van der Waals surface area (Å²) in [4.78, 5) is 20.6. The van der Waals surface area contributed by atoms with Gasteiger partial charge in [0.1, 0.15) is 0 Å². The molecule has 0 rings (SSSR count). The van der Waals surface area contributed by atoms with E-state index < -0.39 is 10.8 Å². The van der Waals surface area contributed by atoms with Gasteiger partial charge < -0.3 is 10.4 Å². The third kappa shape index (κ3) is 2.62. The van der Waals surface area contributed by atoms with Crippen molar-refractivity contribution in [2.24, 2.45) is 5.92 Å². The molecule has 0 bridgehead atoms. The smallest absolute Gasteiger partial charge is 0.340 e. The number of carboxylic acid groups (broad SMARTS) is 1. The molecule has 0 heterocycles. The van der Waals surface area contributed by atoms with Crippen LogP contribution in [0.2, 0.25) is 0 Å². The topological polar surface area (TPSA) is 66.4 Å². The summed E-state index contributed by atoms with van der Waals surface area (Å²) in [5.74, 6) is -1.50. The molecule has 13 heavy (non-hydrogen) atoms. The van der Waals surface area contributed by atoms with Crippen molar-refractivity contribution in [1.82, 2.24) is 5.32 Å². The van der Waals surface area contributed by atoms with Crippen LogP contribution in [0.1, 0.15) is 20.8 Å². The lowest BCUT2D eigenvalue weighted by atomic mass is 10.0. The summed E-state index contributed by atoms with van der Waals surface area (Å²) in [7, 11) is 0. The Bertz CT molecular complexity index is 217. The Hall–Kier alpha value is -0.710. The minimum absolute atomic E-state index is 0.163. The third-order valence-electron chi connectivity index (χ3n) is 1.81. The number of carboxylic acids is 1. The van der Waals surface area contributed by atoms with Crippen molar-refractivity contribution in [3.63, 3.8) is 0 Å². The summed E-state index contributed by atoms with van der Waals surface area (Å²) in [6, 6.07) is 0. The first kappa shape index (κ1) is 12.3. The van der Waals surface area contributed by atoms with Gasteiger partial charge in [0, 0.05) is 6.92 Å². The van der Waals surface area contributed by atoms with Gasteiger partial charge in [0.15, 0.2) is 4.87 Å². The monoisotopic (exact) mass is 205 g/mol. The van der Waals surface area contributed by atoms with Crippen molar-refractivity contribution in [1.29, 1.82) is 0 Å². The molecule has 76 valence electrons. The second-order valence-corrected chi connectivity index (χ2v) is 4.13. The third-order valence-corrected chi connectivity index (χ3v) is 3.21. The van der Waals surface area contributed by atoms with Gasteiger partial charge in [-0.1, -0.05) is 13.8 Å². The average Bonchev–Trinajstić information content (AvgIpc) is 1.98. The lowest BCUT2D eigenvalue weighted by Gasteiger charge is -2.31. The number of carbonyl (C=O) groups is 2. The van der Waals surface area contributed by atoms with E-state index in [4.69, 9.17) is 5.11 Å². The van der Waals surface area contributed by atoms with E-state index in [-0.39, 0.29) is 11.8 Å². The molecule has 0 unspecified atom stereocenters. The number of aliphatic carboxylic acids is 1. The lowest BCUT2D eigenvalue weighted by molar-refractivity contribution is -0.144. The van der Waals surface area contributed by atoms with Crippen LogP contribution >= 0.6 is 11.8 Å². The maximum atomic E-state index is 11.0. The zero-order valence-electron chi connectivity index (χ0n) is 8.25. The molecule has 2 N–H and O–H groups in total. The van der Waals surface area contributed by atoms with Gasteiger partial charge in [-0.3, -0.25) is 4.79 Å². The molecule has 0 fully saturated rings. The fraction of sp³-hybridized carbons (Fsp3) is 0.750. The van der Waals surface area contributed by atoms with Crippen molar-refractivity contribution < 1.29 is 14.7 Å². The number of hydrogen-bond acceptors (Lipinski definition) is 3. The van der Waals surface area contributed by atoms with Crippen molar-refractivity contribution in [2.45, 2.75) is 25.6 Å². The number of rotatable bonds is 4. The van der Waals surface area contributed by atoms with E-state index in [0.29, 0.717) is 0 Å². The van der Waals surface area contributed by atoms with E-state index in [2.05, 4.69) is 5.32 Å². The Kier molecular flexibility index (Phi) is 4.26. The highest BCUT2D eigenvalue weighted by atomic mass is 32.2. The minimum Gasteiger partial charge on any atom is -0.479 e. The first-order valence-corrected chi connectivity index (χ1v) is 5.16. The maximum absolute atomic E-state index is 11.0. The average molecular weight is 205 g/mol. The predicted octanol–water partition coefficient (Wildman–Crippen LogP) is 0.922. The first-order valence-electron chi connectivity index (χ1n) is 3.94. The normalized spacial score (nSPS) is 15.2. The molecule has 0 spiro atoms. The number of hydrogen-bond donors (Lipinski definition) is 2. The van der Waals surface area contributed by atoms with Crippen LogP contribution in [-0.2, 0) is 9.59 Å². The number of nitrogens with one attached hydrogen (secondary N) is 1. The zero-order valence-corrected chi connectivity index (χ0v) is 9.07. The molecule has 0 saturated heterocycles. The standard InChI is InChI=1S/C8H15NO3S/c1-5(2)8(13-4,7(11)12)9-6(3)10/h5H,1-4H3,(H,9,10)(H,11,12)/t8-/m1/s1. The predicted molar refractivity (Wildman–Crippen MR) is 52.5 cm³/mol. The molecule has 0 aliphatic carbocycles. The highest BCUT2D eigenvalue weighted by Crippen LogP contribution is 2.28. The molecule has 0 radical (unpaired) electrons. The molecule has 0 aromatic rings. The summed E-state index contributed by atoms with van der Waals surface area (Å²) in [6.45, 7) is 4.84. The summed E-state index contributed by atoms with van der Waals surface area (Å²) in [5.41, 5.74) is 0. The van der Waals surface area contributed by atoms with Gasteiger partial charge in [0.2, 0.25) is 5.91 Å². The van der Waals surface area contributed by atoms with Crippen molar-refractivity contribution in [3.05, 3.63) is 0 Å². The Morgan fingerprint density at radius 2 is 1.92 bits per heavy atom. The Morgan fingerprint density at radius 1 is 1.46 bits per heavy atom. The number of amides is 1. The number of carbonyl (C=O) groups excluding carboxylic acids is 1. The Morgan fingerprint density at radius 3 is 2.00 bits per heavy atom. The van der Waals surface area contributed by atoms with Crippen molar-refractivity contribution >= 4 is 23.6 Å². The Balaban J connectivity index is 4.87. The molecule has 0 aliphatic rings. The maximum Gasteiger partial charge on any atom is 0.340 e. The van der Waals surface area contributed by atoms with Gasteiger partial charge in [0.05, 0.1) is 0 Å². The summed E-state index contributed by atoms with van der Waals surface area (Å²) in [6.07, 6.45) is 1.67. The molecule has 0 aromatic carbocycles. The summed E-state index contributed by atoms with van der Waals surface area (Å²) >= 11 is 1.13. The molecular weight excluding hydrogens is 190 g/mol. The van der Waals surface area contributed by atoms with Crippen LogP contribution in [0.15, 0.2) is 0 Å². The highest BCUT2D eigenvalue weighted by molar-refractivity contribution is 8.00. The van der Waals surface area contributed by atoms with Gasteiger partial charge in [-0.2, -0.15) is 0 Å². The van der Waals surface area contributed by atoms with Gasteiger partial charge in [0.25, 0.3) is 0 Å². The van der Waals surface area contributed by atoms with Gasteiger partial charge >= 0.3 is 5.97 Å². The van der Waals surface area contributed by atoms with E-state index in [1.165, 1.54) is 6.92 Å². The quantitative estimate of drug-likeness (QED) is 0.670. The molecule has 1 amide bonds. The summed E-state index contributed by atoms with van der Waals surface area (Å²) < 4.78 is 0. The van der Waals surface area contributed by atoms with Crippen molar-refractivity contribution in [2.75, 3.05) is 6.26 Å². The van der Waals surface area contributed by atoms with E-state index >= 15 is 0 Å². The molecule has 0 aromatic heterocycles. The lowest BCUT2D eigenvalue weighted by Crippen LogP contribution is -2.54.